The number of phenolic OH excluding ortho intramolecular Hbond substituents is 1. The van der Waals surface area contributed by atoms with Crippen molar-refractivity contribution in [1.29, 1.82) is 0 Å². The Morgan fingerprint density at radius 3 is 2.87 bits per heavy atom. The van der Waals surface area contributed by atoms with Crippen LogP contribution in [0.1, 0.15) is 52.5 Å². The molecule has 1 N–H and O–H groups in total. The second-order valence-electron chi connectivity index (χ2n) is 7.90. The van der Waals surface area contributed by atoms with Crippen LogP contribution < -0.4 is 4.74 Å². The number of aromatic nitrogens is 2. The number of nitrogens with zero attached hydrogens (tertiary/aromatic N) is 3. The van der Waals surface area contributed by atoms with E-state index in [2.05, 4.69) is 20.9 Å². The minimum atomic E-state index is -0.190. The molecule has 0 unspecified atom stereocenters. The Kier molecular flexibility index (Phi) is 5.22. The van der Waals surface area contributed by atoms with Crippen LogP contribution in [-0.2, 0) is 6.54 Å². The summed E-state index contributed by atoms with van der Waals surface area (Å²) in [4.78, 5) is 23.8. The van der Waals surface area contributed by atoms with Crippen molar-refractivity contribution in [3.63, 3.8) is 0 Å². The number of Topliss-reactive ketones (excluding diaryl/α,β-unsaturated/α-hetero) is 1. The van der Waals surface area contributed by atoms with Gasteiger partial charge in [-0.15, -0.1) is 0 Å². The van der Waals surface area contributed by atoms with Gasteiger partial charge >= 0.3 is 0 Å². The van der Waals surface area contributed by atoms with Gasteiger partial charge in [-0.3, -0.25) is 19.7 Å². The molecule has 3 aromatic rings. The summed E-state index contributed by atoms with van der Waals surface area (Å²) in [6.07, 6.45) is 10.3. The van der Waals surface area contributed by atoms with Crippen LogP contribution >= 0.6 is 0 Å². The van der Waals surface area contributed by atoms with Crippen molar-refractivity contribution in [2.24, 2.45) is 0 Å². The summed E-state index contributed by atoms with van der Waals surface area (Å²) in [5.74, 6) is 0.621. The molecule has 1 saturated heterocycles. The minimum Gasteiger partial charge on any atom is -0.507 e. The number of carbonyl (C=O) groups is 1. The van der Waals surface area contributed by atoms with E-state index in [4.69, 9.17) is 4.74 Å². The Labute approximate surface area is 180 Å². The van der Waals surface area contributed by atoms with Crippen LogP contribution in [0.5, 0.6) is 11.5 Å². The van der Waals surface area contributed by atoms with E-state index in [9.17, 15) is 9.90 Å². The standard InChI is InChI=1S/C25H23N3O3/c29-22-10-9-19-24(30)23(14-18-7-1-3-12-27-18)31-25(19)20(22)16-28-13-4-2-8-21(28)17-6-5-11-26-15-17/h1,3,5-7,9-12,14-15,21,29H,2,4,8,13,16H2/b23-14-/t21-/m0/s1. The lowest BCUT2D eigenvalue weighted by Gasteiger charge is -2.36. The molecule has 4 heterocycles. The predicted molar refractivity (Wildman–Crippen MR) is 117 cm³/mol. The number of carbonyl (C=O) groups excluding carboxylic acids is 1. The van der Waals surface area contributed by atoms with Crippen LogP contribution in [0.3, 0.4) is 0 Å². The number of benzene rings is 1. The van der Waals surface area contributed by atoms with E-state index < -0.39 is 0 Å². The number of fused-ring (bicyclic) bond motifs is 1. The zero-order valence-electron chi connectivity index (χ0n) is 17.1. The number of hydrogen-bond acceptors (Lipinski definition) is 6. The SMILES string of the molecule is O=C1/C(=C/c2ccccn2)Oc2c1ccc(O)c2CN1CCCC[C@H]1c1cccnc1. The van der Waals surface area contributed by atoms with E-state index in [1.54, 1.807) is 30.6 Å². The van der Waals surface area contributed by atoms with Gasteiger partial charge in [0.15, 0.2) is 5.76 Å². The molecule has 0 radical (unpaired) electrons. The number of pyridine rings is 2. The number of ketones is 1. The van der Waals surface area contributed by atoms with Gasteiger partial charge in [-0.2, -0.15) is 0 Å². The molecule has 0 bridgehead atoms. The molecule has 2 aromatic heterocycles. The van der Waals surface area contributed by atoms with E-state index in [1.807, 2.05) is 30.5 Å². The molecular weight excluding hydrogens is 390 g/mol. The summed E-state index contributed by atoms with van der Waals surface area (Å²) in [6, 6.07) is 13.0. The molecule has 6 nitrogen and oxygen atoms in total. The Morgan fingerprint density at radius 2 is 2.06 bits per heavy atom. The number of piperidine rings is 1. The largest absolute Gasteiger partial charge is 0.507 e. The molecular formula is C25H23N3O3. The van der Waals surface area contributed by atoms with Gasteiger partial charge in [0.1, 0.15) is 11.5 Å². The van der Waals surface area contributed by atoms with E-state index in [-0.39, 0.29) is 23.3 Å². The number of ether oxygens (including phenoxy) is 1. The highest BCUT2D eigenvalue weighted by Crippen LogP contribution is 2.42. The van der Waals surface area contributed by atoms with Crippen molar-refractivity contribution < 1.29 is 14.6 Å². The smallest absolute Gasteiger partial charge is 0.232 e. The van der Waals surface area contributed by atoms with Crippen LogP contribution in [0.2, 0.25) is 0 Å². The maximum absolute atomic E-state index is 12.9. The molecule has 1 fully saturated rings. The zero-order valence-corrected chi connectivity index (χ0v) is 17.1. The van der Waals surface area contributed by atoms with Crippen molar-refractivity contribution in [3.05, 3.63) is 89.2 Å². The molecule has 2 aliphatic rings. The summed E-state index contributed by atoms with van der Waals surface area (Å²) < 4.78 is 5.99. The minimum absolute atomic E-state index is 0.140. The Morgan fingerprint density at radius 1 is 1.13 bits per heavy atom. The number of phenols is 1. The molecule has 6 heteroatoms. The van der Waals surface area contributed by atoms with Gasteiger partial charge in [-0.1, -0.05) is 18.6 Å². The van der Waals surface area contributed by atoms with Gasteiger partial charge in [0.2, 0.25) is 5.78 Å². The molecule has 0 spiro atoms. The zero-order chi connectivity index (χ0) is 21.2. The normalized spacial score (nSPS) is 19.9. The number of rotatable bonds is 4. The summed E-state index contributed by atoms with van der Waals surface area (Å²) in [6.45, 7) is 1.41. The van der Waals surface area contributed by atoms with Gasteiger partial charge in [0, 0.05) is 37.3 Å². The maximum Gasteiger partial charge on any atom is 0.232 e. The topological polar surface area (TPSA) is 75.6 Å². The Hall–Kier alpha value is -3.51. The lowest BCUT2D eigenvalue weighted by molar-refractivity contribution is 0.101. The molecule has 0 saturated carbocycles. The third-order valence-corrected chi connectivity index (χ3v) is 5.93. The van der Waals surface area contributed by atoms with Crippen molar-refractivity contribution in [2.75, 3.05) is 6.54 Å². The molecule has 1 aromatic carbocycles. The molecule has 0 amide bonds. The van der Waals surface area contributed by atoms with Crippen molar-refractivity contribution >= 4 is 11.9 Å². The third kappa shape index (κ3) is 3.82. The number of allylic oxidation sites excluding steroid dienone is 1. The van der Waals surface area contributed by atoms with Gasteiger partial charge < -0.3 is 9.84 Å². The second-order valence-corrected chi connectivity index (χ2v) is 7.90. The van der Waals surface area contributed by atoms with Crippen LogP contribution in [0, 0.1) is 0 Å². The summed E-state index contributed by atoms with van der Waals surface area (Å²) in [5, 5.41) is 10.7. The van der Waals surface area contributed by atoms with E-state index in [0.29, 0.717) is 29.1 Å². The number of hydrogen-bond donors (Lipinski definition) is 1. The Bertz CT molecular complexity index is 1130. The number of likely N-dealkylation sites (tertiary alicyclic amines) is 1. The van der Waals surface area contributed by atoms with E-state index >= 15 is 0 Å². The highest BCUT2D eigenvalue weighted by Gasteiger charge is 2.33. The average Bonchev–Trinajstić information content (AvgIpc) is 3.13. The summed E-state index contributed by atoms with van der Waals surface area (Å²) in [7, 11) is 0. The molecule has 5 rings (SSSR count). The lowest BCUT2D eigenvalue weighted by Crippen LogP contribution is -2.33. The van der Waals surface area contributed by atoms with Gasteiger partial charge in [-0.25, -0.2) is 0 Å². The monoisotopic (exact) mass is 413 g/mol. The van der Waals surface area contributed by atoms with Gasteiger partial charge in [0.05, 0.1) is 16.8 Å². The maximum atomic E-state index is 12.9. The molecule has 156 valence electrons. The highest BCUT2D eigenvalue weighted by molar-refractivity contribution is 6.14. The van der Waals surface area contributed by atoms with Crippen molar-refractivity contribution in [1.82, 2.24) is 14.9 Å². The van der Waals surface area contributed by atoms with E-state index in [1.165, 1.54) is 5.56 Å². The van der Waals surface area contributed by atoms with Crippen molar-refractivity contribution in [2.45, 2.75) is 31.8 Å². The third-order valence-electron chi connectivity index (χ3n) is 5.93. The molecule has 2 aliphatic heterocycles. The fourth-order valence-electron chi connectivity index (χ4n) is 4.38. The number of aromatic hydroxyl groups is 1. The first-order valence-corrected chi connectivity index (χ1v) is 10.5. The van der Waals surface area contributed by atoms with Crippen LogP contribution in [0.25, 0.3) is 6.08 Å². The molecule has 31 heavy (non-hydrogen) atoms. The fourth-order valence-corrected chi connectivity index (χ4v) is 4.38. The summed E-state index contributed by atoms with van der Waals surface area (Å²) in [5.41, 5.74) is 2.94. The summed E-state index contributed by atoms with van der Waals surface area (Å²) >= 11 is 0. The quantitative estimate of drug-likeness (QED) is 0.634. The average molecular weight is 413 g/mol. The van der Waals surface area contributed by atoms with Gasteiger partial charge in [-0.05, 0) is 55.3 Å². The predicted octanol–water partition coefficient (Wildman–Crippen LogP) is 4.53. The fraction of sp³-hybridized carbons (Fsp3) is 0.240. The lowest BCUT2D eigenvalue weighted by atomic mass is 9.95. The molecule has 0 aliphatic carbocycles. The Balaban J connectivity index is 1.47. The van der Waals surface area contributed by atoms with Crippen LogP contribution in [0.4, 0.5) is 0 Å². The van der Waals surface area contributed by atoms with Crippen LogP contribution in [0.15, 0.2) is 66.8 Å². The highest BCUT2D eigenvalue weighted by atomic mass is 16.5. The first-order valence-electron chi connectivity index (χ1n) is 10.5. The van der Waals surface area contributed by atoms with Gasteiger partial charge in [0.25, 0.3) is 0 Å². The first kappa shape index (κ1) is 19.5. The second kappa shape index (κ2) is 8.32. The molecule has 1 atom stereocenters. The van der Waals surface area contributed by atoms with E-state index in [0.717, 1.165) is 25.8 Å². The van der Waals surface area contributed by atoms with Crippen molar-refractivity contribution in [3.8, 4) is 11.5 Å². The van der Waals surface area contributed by atoms with Crippen LogP contribution in [-0.4, -0.2) is 32.3 Å². The first-order chi connectivity index (χ1) is 15.2.